The van der Waals surface area contributed by atoms with E-state index in [1.54, 1.807) is 0 Å². The van der Waals surface area contributed by atoms with Crippen LogP contribution in [0.5, 0.6) is 0 Å². The van der Waals surface area contributed by atoms with Gasteiger partial charge in [-0.25, -0.2) is 0 Å². The smallest absolute Gasteiger partial charge is 0.151 e. The Bertz CT molecular complexity index is 470. The third-order valence-electron chi connectivity index (χ3n) is 4.96. The minimum absolute atomic E-state index is 0.564. The Kier molecular flexibility index (Phi) is 3.53. The van der Waals surface area contributed by atoms with Crippen molar-refractivity contribution < 1.29 is 4.79 Å². The predicted octanol–water partition coefficient (Wildman–Crippen LogP) is 4.31. The molecule has 102 valence electrons. The maximum atomic E-state index is 10.8. The number of nitrogens with zero attached hydrogens (tertiary/aromatic N) is 1. The molecule has 1 aromatic carbocycles. The molecule has 1 spiro atoms. The van der Waals surface area contributed by atoms with Crippen molar-refractivity contribution >= 4 is 23.6 Å². The van der Waals surface area contributed by atoms with E-state index in [4.69, 9.17) is 11.6 Å². The van der Waals surface area contributed by atoms with Gasteiger partial charge in [0.1, 0.15) is 0 Å². The van der Waals surface area contributed by atoms with Crippen molar-refractivity contribution in [3.63, 3.8) is 0 Å². The molecule has 1 saturated heterocycles. The zero-order valence-corrected chi connectivity index (χ0v) is 12.0. The minimum Gasteiger partial charge on any atom is -0.371 e. The van der Waals surface area contributed by atoms with Crippen molar-refractivity contribution in [2.75, 3.05) is 18.0 Å². The number of benzene rings is 1. The van der Waals surface area contributed by atoms with Crippen LogP contribution in [0.4, 0.5) is 5.69 Å². The summed E-state index contributed by atoms with van der Waals surface area (Å²) in [4.78, 5) is 13.2. The fourth-order valence-electron chi connectivity index (χ4n) is 3.67. The van der Waals surface area contributed by atoms with Crippen molar-refractivity contribution in [1.82, 2.24) is 0 Å². The summed E-state index contributed by atoms with van der Waals surface area (Å²) >= 11 is 6.11. The highest BCUT2D eigenvalue weighted by atomic mass is 35.5. The lowest BCUT2D eigenvalue weighted by molar-refractivity contribution is 0.112. The highest BCUT2D eigenvalue weighted by molar-refractivity contribution is 6.33. The normalized spacial score (nSPS) is 21.8. The fourth-order valence-corrected chi connectivity index (χ4v) is 3.89. The lowest BCUT2D eigenvalue weighted by atomic mass is 9.77. The fraction of sp³-hybridized carbons (Fsp3) is 0.562. The van der Waals surface area contributed by atoms with Crippen LogP contribution in [0.25, 0.3) is 0 Å². The maximum Gasteiger partial charge on any atom is 0.151 e. The number of anilines is 1. The van der Waals surface area contributed by atoms with Crippen LogP contribution >= 0.6 is 11.6 Å². The van der Waals surface area contributed by atoms with Crippen molar-refractivity contribution in [2.24, 2.45) is 5.41 Å². The van der Waals surface area contributed by atoms with Gasteiger partial charge in [0.05, 0.1) is 5.02 Å². The van der Waals surface area contributed by atoms with Crippen molar-refractivity contribution in [2.45, 2.75) is 38.5 Å². The van der Waals surface area contributed by atoms with Gasteiger partial charge in [-0.15, -0.1) is 0 Å². The summed E-state index contributed by atoms with van der Waals surface area (Å²) in [6.07, 6.45) is 9.10. The van der Waals surface area contributed by atoms with E-state index < -0.39 is 0 Å². The first-order valence-electron chi connectivity index (χ1n) is 7.22. The molecule has 0 radical (unpaired) electrons. The third kappa shape index (κ3) is 2.51. The molecule has 1 aliphatic carbocycles. The summed E-state index contributed by atoms with van der Waals surface area (Å²) in [5, 5.41) is 0.564. The SMILES string of the molecule is O=Cc1ccc(N2CCC3(CCCC3)CC2)cc1Cl. The molecule has 2 fully saturated rings. The Balaban J connectivity index is 1.71. The molecule has 0 amide bonds. The van der Waals surface area contributed by atoms with Gasteiger partial charge in [-0.1, -0.05) is 24.4 Å². The quantitative estimate of drug-likeness (QED) is 0.751. The number of halogens is 1. The molecule has 0 unspecified atom stereocenters. The Morgan fingerprint density at radius 2 is 1.79 bits per heavy atom. The second kappa shape index (κ2) is 5.16. The monoisotopic (exact) mass is 277 g/mol. The average Bonchev–Trinajstić information content (AvgIpc) is 2.88. The van der Waals surface area contributed by atoms with Gasteiger partial charge in [0, 0.05) is 24.3 Å². The Morgan fingerprint density at radius 1 is 1.11 bits per heavy atom. The molecular weight excluding hydrogens is 258 g/mol. The lowest BCUT2D eigenvalue weighted by Gasteiger charge is -2.40. The average molecular weight is 278 g/mol. The van der Waals surface area contributed by atoms with Crippen LogP contribution in [0.3, 0.4) is 0 Å². The van der Waals surface area contributed by atoms with Crippen molar-refractivity contribution in [3.05, 3.63) is 28.8 Å². The number of piperidine rings is 1. The molecule has 1 heterocycles. The third-order valence-corrected chi connectivity index (χ3v) is 5.29. The number of carbonyl (C=O) groups excluding carboxylic acids is 1. The van der Waals surface area contributed by atoms with Crippen LogP contribution in [0.15, 0.2) is 18.2 Å². The van der Waals surface area contributed by atoms with Gasteiger partial charge in [0.25, 0.3) is 0 Å². The standard InChI is InChI=1S/C16H20ClNO/c17-15-11-14(4-3-13(15)12-19)18-9-7-16(8-10-18)5-1-2-6-16/h3-4,11-12H,1-2,5-10H2. The molecule has 2 nitrogen and oxygen atoms in total. The van der Waals surface area contributed by atoms with E-state index in [1.807, 2.05) is 18.2 Å². The second-order valence-corrected chi connectivity index (χ2v) is 6.43. The van der Waals surface area contributed by atoms with Crippen molar-refractivity contribution in [3.8, 4) is 0 Å². The highest BCUT2D eigenvalue weighted by Gasteiger charge is 2.36. The minimum atomic E-state index is 0.564. The number of rotatable bonds is 2. The first-order valence-corrected chi connectivity index (χ1v) is 7.60. The molecule has 0 atom stereocenters. The summed E-state index contributed by atoms with van der Waals surface area (Å²) in [5.41, 5.74) is 2.38. The summed E-state index contributed by atoms with van der Waals surface area (Å²) < 4.78 is 0. The molecule has 0 N–H and O–H groups in total. The van der Waals surface area contributed by atoms with Gasteiger partial charge in [-0.3, -0.25) is 4.79 Å². The number of carbonyl (C=O) groups is 1. The number of hydrogen-bond donors (Lipinski definition) is 0. The Labute approximate surface area is 119 Å². The molecule has 1 aromatic rings. The van der Waals surface area contributed by atoms with Crippen LogP contribution < -0.4 is 4.90 Å². The zero-order chi connectivity index (χ0) is 13.3. The van der Waals surface area contributed by atoms with Crippen LogP contribution in [-0.2, 0) is 0 Å². The first kappa shape index (κ1) is 13.0. The van der Waals surface area contributed by atoms with Crippen LogP contribution in [0.1, 0.15) is 48.9 Å². The zero-order valence-electron chi connectivity index (χ0n) is 11.2. The second-order valence-electron chi connectivity index (χ2n) is 6.02. The molecule has 19 heavy (non-hydrogen) atoms. The largest absolute Gasteiger partial charge is 0.371 e. The highest BCUT2D eigenvalue weighted by Crippen LogP contribution is 2.46. The van der Waals surface area contributed by atoms with E-state index in [-0.39, 0.29) is 0 Å². The van der Waals surface area contributed by atoms with E-state index in [2.05, 4.69) is 4.90 Å². The van der Waals surface area contributed by atoms with Crippen molar-refractivity contribution in [1.29, 1.82) is 0 Å². The van der Waals surface area contributed by atoms with Gasteiger partial charge < -0.3 is 4.90 Å². The van der Waals surface area contributed by atoms with Gasteiger partial charge in [0.15, 0.2) is 6.29 Å². The summed E-state index contributed by atoms with van der Waals surface area (Å²) in [6.45, 7) is 2.24. The van der Waals surface area contributed by atoms with E-state index in [0.29, 0.717) is 16.0 Å². The molecule has 3 rings (SSSR count). The van der Waals surface area contributed by atoms with Gasteiger partial charge >= 0.3 is 0 Å². The predicted molar refractivity (Wildman–Crippen MR) is 79.2 cm³/mol. The Hall–Kier alpha value is -1.02. The number of hydrogen-bond acceptors (Lipinski definition) is 2. The molecule has 2 aliphatic rings. The van der Waals surface area contributed by atoms with Crippen LogP contribution in [-0.4, -0.2) is 19.4 Å². The lowest BCUT2D eigenvalue weighted by Crippen LogP contribution is -2.38. The molecule has 0 aromatic heterocycles. The molecule has 0 bridgehead atoms. The molecule has 1 aliphatic heterocycles. The molecular formula is C16H20ClNO. The van der Waals surface area contributed by atoms with E-state index in [9.17, 15) is 4.79 Å². The van der Waals surface area contributed by atoms with Gasteiger partial charge in [-0.05, 0) is 49.3 Å². The maximum absolute atomic E-state index is 10.8. The van der Waals surface area contributed by atoms with Gasteiger partial charge in [-0.2, -0.15) is 0 Å². The van der Waals surface area contributed by atoms with Gasteiger partial charge in [0.2, 0.25) is 0 Å². The molecule has 1 saturated carbocycles. The summed E-state index contributed by atoms with van der Waals surface area (Å²) in [7, 11) is 0. The van der Waals surface area contributed by atoms with E-state index in [1.165, 1.54) is 38.5 Å². The number of aldehydes is 1. The molecule has 3 heteroatoms. The summed E-state index contributed by atoms with van der Waals surface area (Å²) in [6, 6.07) is 5.77. The first-order chi connectivity index (χ1) is 9.22. The topological polar surface area (TPSA) is 20.3 Å². The van der Waals surface area contributed by atoms with E-state index >= 15 is 0 Å². The Morgan fingerprint density at radius 3 is 2.37 bits per heavy atom. The van der Waals surface area contributed by atoms with E-state index in [0.717, 1.165) is 25.1 Å². The van der Waals surface area contributed by atoms with Crippen LogP contribution in [0.2, 0.25) is 5.02 Å². The van der Waals surface area contributed by atoms with Crippen LogP contribution in [0, 0.1) is 5.41 Å². The summed E-state index contributed by atoms with van der Waals surface area (Å²) in [5.74, 6) is 0.